The molecule has 2 heterocycles. The van der Waals surface area contributed by atoms with Gasteiger partial charge in [0.25, 0.3) is 0 Å². The first-order chi connectivity index (χ1) is 23.7. The summed E-state index contributed by atoms with van der Waals surface area (Å²) in [4.78, 5) is 13.9. The lowest BCUT2D eigenvalue weighted by Crippen LogP contribution is -2.27. The minimum Gasteiger partial charge on any atom is -0.465 e. The van der Waals surface area contributed by atoms with Crippen molar-refractivity contribution in [2.75, 3.05) is 13.2 Å². The van der Waals surface area contributed by atoms with Crippen LogP contribution in [0.15, 0.2) is 72.8 Å². The van der Waals surface area contributed by atoms with Crippen LogP contribution in [0.25, 0.3) is 11.1 Å². The van der Waals surface area contributed by atoms with Gasteiger partial charge < -0.3 is 28.4 Å². The van der Waals surface area contributed by atoms with E-state index in [1.165, 1.54) is 44.9 Å². The smallest absolute Gasteiger partial charge is 0.341 e. The lowest BCUT2D eigenvalue weighted by Gasteiger charge is -2.26. The number of unbranched alkanes of at least 4 members (excludes halogenated alkanes) is 8. The molecule has 7 nitrogen and oxygen atoms in total. The van der Waals surface area contributed by atoms with Crippen LogP contribution in [0.5, 0.6) is 17.2 Å². The first-order valence-corrected chi connectivity index (χ1v) is 18.4. The lowest BCUT2D eigenvalue weighted by atomic mass is 10.0. The number of ether oxygens (including phenoxy) is 6. The van der Waals surface area contributed by atoms with Crippen molar-refractivity contribution in [2.45, 2.75) is 129 Å². The van der Waals surface area contributed by atoms with Crippen molar-refractivity contribution in [1.82, 2.24) is 0 Å². The largest absolute Gasteiger partial charge is 0.465 e. The van der Waals surface area contributed by atoms with E-state index >= 15 is 0 Å². The summed E-state index contributed by atoms with van der Waals surface area (Å²) in [6.07, 6.45) is 15.7. The second-order valence-electron chi connectivity index (χ2n) is 13.0. The molecule has 3 aromatic rings. The van der Waals surface area contributed by atoms with Gasteiger partial charge in [0.15, 0.2) is 12.6 Å². The van der Waals surface area contributed by atoms with E-state index in [0.717, 1.165) is 62.5 Å². The Bertz CT molecular complexity index is 1310. The number of rotatable bonds is 19. The molecule has 0 amide bonds. The van der Waals surface area contributed by atoms with Crippen LogP contribution in [0.1, 0.15) is 120 Å². The molecule has 2 aliphatic rings. The summed E-state index contributed by atoms with van der Waals surface area (Å²) in [5, 5.41) is 0. The highest BCUT2D eigenvalue weighted by Gasteiger charge is 2.24. The minimum atomic E-state index is -0.760. The molecule has 260 valence electrons. The Morgan fingerprint density at radius 2 is 1.29 bits per heavy atom. The zero-order valence-electron chi connectivity index (χ0n) is 28.7. The molecule has 0 N–H and O–H groups in total. The van der Waals surface area contributed by atoms with Crippen LogP contribution >= 0.6 is 0 Å². The van der Waals surface area contributed by atoms with Gasteiger partial charge in [0.1, 0.15) is 17.2 Å². The zero-order chi connectivity index (χ0) is 33.2. The standard InChI is InChI=1S/C41H54O7/c1-2-3-4-5-6-7-8-9-13-26-40(47-37-23-15-14-22-36(37)32-20-11-10-12-21-32)48-41(42)33-29-34(45-38-24-16-18-27-43-38)31-35(30-33)46-39-25-17-19-28-44-39/h10-12,14-15,20-23,29-31,38-40H,2-9,13,16-19,24-28H2,1H3. The van der Waals surface area contributed by atoms with Gasteiger partial charge in [-0.15, -0.1) is 0 Å². The molecule has 48 heavy (non-hydrogen) atoms. The van der Waals surface area contributed by atoms with E-state index in [-0.39, 0.29) is 12.6 Å². The number of hydrogen-bond donors (Lipinski definition) is 0. The fourth-order valence-corrected chi connectivity index (χ4v) is 6.26. The molecular formula is C41H54O7. The van der Waals surface area contributed by atoms with Crippen molar-refractivity contribution < 1.29 is 33.2 Å². The number of benzene rings is 3. The SMILES string of the molecule is CCCCCCCCCCCC(OC(=O)c1cc(OC2CCCCO2)cc(OC2CCCCO2)c1)Oc1ccccc1-c1ccccc1. The van der Waals surface area contributed by atoms with Crippen LogP contribution in [0.3, 0.4) is 0 Å². The van der Waals surface area contributed by atoms with Gasteiger partial charge in [-0.3, -0.25) is 0 Å². The zero-order valence-corrected chi connectivity index (χ0v) is 28.7. The molecule has 0 radical (unpaired) electrons. The molecule has 3 atom stereocenters. The van der Waals surface area contributed by atoms with Crippen LogP contribution in [0.2, 0.25) is 0 Å². The minimum absolute atomic E-state index is 0.339. The van der Waals surface area contributed by atoms with Crippen molar-refractivity contribution in [3.05, 3.63) is 78.4 Å². The predicted octanol–water partition coefficient (Wildman–Crippen LogP) is 10.6. The fourth-order valence-electron chi connectivity index (χ4n) is 6.26. The van der Waals surface area contributed by atoms with Gasteiger partial charge in [0.2, 0.25) is 6.29 Å². The molecule has 2 aliphatic heterocycles. The van der Waals surface area contributed by atoms with Gasteiger partial charge in [-0.2, -0.15) is 0 Å². The highest BCUT2D eigenvalue weighted by Crippen LogP contribution is 2.33. The summed E-state index contributed by atoms with van der Waals surface area (Å²) in [7, 11) is 0. The first-order valence-electron chi connectivity index (χ1n) is 18.4. The van der Waals surface area contributed by atoms with Crippen molar-refractivity contribution in [3.8, 4) is 28.4 Å². The average molecular weight is 659 g/mol. The molecule has 0 saturated carbocycles. The monoisotopic (exact) mass is 658 g/mol. The van der Waals surface area contributed by atoms with Crippen molar-refractivity contribution in [3.63, 3.8) is 0 Å². The molecule has 5 rings (SSSR count). The maximum absolute atomic E-state index is 13.9. The van der Waals surface area contributed by atoms with Crippen LogP contribution < -0.4 is 14.2 Å². The number of para-hydroxylation sites is 1. The summed E-state index contributed by atoms with van der Waals surface area (Å²) in [5.41, 5.74) is 2.34. The summed E-state index contributed by atoms with van der Waals surface area (Å²) in [5.74, 6) is 1.21. The van der Waals surface area contributed by atoms with Crippen molar-refractivity contribution in [1.29, 1.82) is 0 Å². The van der Waals surface area contributed by atoms with Gasteiger partial charge in [-0.1, -0.05) is 107 Å². The van der Waals surface area contributed by atoms with Crippen LogP contribution in [0, 0.1) is 0 Å². The van der Waals surface area contributed by atoms with E-state index in [4.69, 9.17) is 28.4 Å². The third-order valence-corrected chi connectivity index (χ3v) is 8.94. The fraction of sp³-hybridized carbons (Fsp3) is 0.537. The van der Waals surface area contributed by atoms with Gasteiger partial charge in [-0.05, 0) is 55.9 Å². The maximum Gasteiger partial charge on any atom is 0.341 e. The topological polar surface area (TPSA) is 72.5 Å². The summed E-state index contributed by atoms with van der Waals surface area (Å²) in [6, 6.07) is 23.3. The quantitative estimate of drug-likeness (QED) is 0.0721. The highest BCUT2D eigenvalue weighted by atomic mass is 16.7. The van der Waals surface area contributed by atoms with E-state index in [1.54, 1.807) is 18.2 Å². The molecule has 3 unspecified atom stereocenters. The van der Waals surface area contributed by atoms with Gasteiger partial charge in [0.05, 0.1) is 18.8 Å². The first kappa shape index (κ1) is 35.7. The number of carbonyl (C=O) groups excluding carboxylic acids is 1. The second-order valence-corrected chi connectivity index (χ2v) is 13.0. The number of carbonyl (C=O) groups is 1. The van der Waals surface area contributed by atoms with E-state index in [0.29, 0.717) is 42.4 Å². The third-order valence-electron chi connectivity index (χ3n) is 8.94. The number of hydrogen-bond acceptors (Lipinski definition) is 7. The summed E-state index contributed by atoms with van der Waals surface area (Å²) < 4.78 is 36.7. The lowest BCUT2D eigenvalue weighted by molar-refractivity contribution is -0.109. The van der Waals surface area contributed by atoms with E-state index < -0.39 is 12.3 Å². The third kappa shape index (κ3) is 11.9. The van der Waals surface area contributed by atoms with Gasteiger partial charge in [0, 0.05) is 30.9 Å². The van der Waals surface area contributed by atoms with Crippen LogP contribution in [0.4, 0.5) is 0 Å². The Hall–Kier alpha value is -3.55. The molecule has 2 fully saturated rings. The Morgan fingerprint density at radius 1 is 0.708 bits per heavy atom. The van der Waals surface area contributed by atoms with Crippen molar-refractivity contribution in [2.24, 2.45) is 0 Å². The van der Waals surface area contributed by atoms with Gasteiger partial charge >= 0.3 is 5.97 Å². The molecule has 3 aromatic carbocycles. The van der Waals surface area contributed by atoms with Crippen LogP contribution in [-0.2, 0) is 14.2 Å². The van der Waals surface area contributed by atoms with E-state index in [2.05, 4.69) is 19.1 Å². The van der Waals surface area contributed by atoms with E-state index in [9.17, 15) is 4.79 Å². The highest BCUT2D eigenvalue weighted by molar-refractivity contribution is 5.90. The molecule has 0 aliphatic carbocycles. The predicted molar refractivity (Wildman–Crippen MR) is 188 cm³/mol. The van der Waals surface area contributed by atoms with Gasteiger partial charge in [-0.25, -0.2) is 4.79 Å². The Balaban J connectivity index is 1.30. The summed E-state index contributed by atoms with van der Waals surface area (Å²) in [6.45, 7) is 3.57. The molecule has 0 bridgehead atoms. The Kier molecular flexibility index (Phi) is 15.0. The van der Waals surface area contributed by atoms with Crippen LogP contribution in [-0.4, -0.2) is 38.1 Å². The normalized spacial score (nSPS) is 18.5. The average Bonchev–Trinajstić information content (AvgIpc) is 3.12. The number of esters is 1. The summed E-state index contributed by atoms with van der Waals surface area (Å²) >= 11 is 0. The molecule has 0 aromatic heterocycles. The molecule has 7 heteroatoms. The molecule has 0 spiro atoms. The maximum atomic E-state index is 13.9. The molecular weight excluding hydrogens is 604 g/mol. The van der Waals surface area contributed by atoms with E-state index in [1.807, 2.05) is 42.5 Å². The Morgan fingerprint density at radius 3 is 1.90 bits per heavy atom. The van der Waals surface area contributed by atoms with Crippen molar-refractivity contribution >= 4 is 5.97 Å². The second kappa shape index (κ2) is 20.1. The Labute approximate surface area is 287 Å². The molecule has 2 saturated heterocycles.